The van der Waals surface area contributed by atoms with Crippen molar-refractivity contribution in [1.82, 2.24) is 9.38 Å². The maximum Gasteiger partial charge on any atom is 0.264 e. The topological polar surface area (TPSA) is 54.6 Å². The summed E-state index contributed by atoms with van der Waals surface area (Å²) in [4.78, 5) is 17.5. The molecular formula is C18H10N2O2. The fourth-order valence-electron chi connectivity index (χ4n) is 3.29. The number of rotatable bonds is 0. The third-order valence-corrected chi connectivity index (χ3v) is 4.25. The van der Waals surface area contributed by atoms with Crippen LogP contribution < -0.4 is 5.56 Å². The Labute approximate surface area is 124 Å². The smallest absolute Gasteiger partial charge is 0.264 e. The van der Waals surface area contributed by atoms with E-state index in [0.29, 0.717) is 16.4 Å². The van der Waals surface area contributed by atoms with Crippen molar-refractivity contribution >= 4 is 38.2 Å². The van der Waals surface area contributed by atoms with Gasteiger partial charge in [-0.05, 0) is 30.3 Å². The van der Waals surface area contributed by atoms with Crippen molar-refractivity contribution < 1.29 is 5.11 Å². The molecule has 0 saturated carbocycles. The van der Waals surface area contributed by atoms with Gasteiger partial charge in [-0.15, -0.1) is 0 Å². The minimum absolute atomic E-state index is 0.104. The lowest BCUT2D eigenvalue weighted by Crippen LogP contribution is -2.13. The van der Waals surface area contributed by atoms with Crippen molar-refractivity contribution in [2.75, 3.05) is 0 Å². The molecule has 0 aliphatic carbocycles. The number of pyridine rings is 1. The molecule has 0 spiro atoms. The number of imidazole rings is 1. The first-order chi connectivity index (χ1) is 10.8. The highest BCUT2D eigenvalue weighted by molar-refractivity contribution is 6.16. The normalized spacial score (nSPS) is 12.0. The van der Waals surface area contributed by atoms with Gasteiger partial charge < -0.3 is 5.11 Å². The number of para-hydroxylation sites is 2. The largest absolute Gasteiger partial charge is 0.507 e. The lowest BCUT2D eigenvalue weighted by Gasteiger charge is -2.08. The van der Waals surface area contributed by atoms with Gasteiger partial charge in [0.05, 0.1) is 11.0 Å². The molecule has 0 atom stereocenters. The molecule has 4 heteroatoms. The summed E-state index contributed by atoms with van der Waals surface area (Å²) in [7, 11) is 0. The molecule has 4 nitrogen and oxygen atoms in total. The summed E-state index contributed by atoms with van der Waals surface area (Å²) in [6.07, 6.45) is 0. The van der Waals surface area contributed by atoms with Crippen LogP contribution in [0.5, 0.6) is 5.75 Å². The first kappa shape index (κ1) is 11.5. The molecule has 3 aromatic carbocycles. The van der Waals surface area contributed by atoms with Crippen LogP contribution in [0.25, 0.3) is 38.2 Å². The van der Waals surface area contributed by atoms with Gasteiger partial charge in [-0.25, -0.2) is 4.98 Å². The van der Waals surface area contributed by atoms with Gasteiger partial charge in [-0.1, -0.05) is 24.3 Å². The summed E-state index contributed by atoms with van der Waals surface area (Å²) >= 11 is 0. The van der Waals surface area contributed by atoms with Crippen LogP contribution in [-0.4, -0.2) is 14.5 Å². The molecule has 0 fully saturated rings. The van der Waals surface area contributed by atoms with Gasteiger partial charge in [0.2, 0.25) is 0 Å². The maximum absolute atomic E-state index is 12.9. The first-order valence-electron chi connectivity index (χ1n) is 7.03. The number of benzene rings is 3. The number of fused-ring (bicyclic) bond motifs is 4. The molecule has 5 rings (SSSR count). The second kappa shape index (κ2) is 3.74. The molecule has 0 radical (unpaired) electrons. The van der Waals surface area contributed by atoms with Crippen molar-refractivity contribution in [1.29, 1.82) is 0 Å². The predicted octanol–water partition coefficient (Wildman–Crippen LogP) is 3.30. The van der Waals surface area contributed by atoms with E-state index in [4.69, 9.17) is 0 Å². The fourth-order valence-corrected chi connectivity index (χ4v) is 3.29. The van der Waals surface area contributed by atoms with E-state index in [1.54, 1.807) is 22.6 Å². The molecule has 5 aromatic rings. The molecule has 1 N–H and O–H groups in total. The van der Waals surface area contributed by atoms with Gasteiger partial charge in [0.1, 0.15) is 11.4 Å². The zero-order valence-corrected chi connectivity index (χ0v) is 11.4. The minimum atomic E-state index is -0.104. The monoisotopic (exact) mass is 286 g/mol. The third kappa shape index (κ3) is 1.22. The van der Waals surface area contributed by atoms with E-state index in [1.165, 1.54) is 0 Å². The Balaban J connectivity index is 2.25. The van der Waals surface area contributed by atoms with Crippen molar-refractivity contribution in [2.45, 2.75) is 0 Å². The number of aromatic nitrogens is 2. The molecule has 0 saturated heterocycles. The van der Waals surface area contributed by atoms with E-state index in [1.807, 2.05) is 36.4 Å². The molecular weight excluding hydrogens is 276 g/mol. The molecule has 0 aliphatic rings. The van der Waals surface area contributed by atoms with Gasteiger partial charge >= 0.3 is 0 Å². The molecule has 0 amide bonds. The molecule has 22 heavy (non-hydrogen) atoms. The van der Waals surface area contributed by atoms with E-state index in [-0.39, 0.29) is 11.3 Å². The van der Waals surface area contributed by atoms with Crippen molar-refractivity contribution in [3.05, 3.63) is 65.0 Å². The zero-order chi connectivity index (χ0) is 14.8. The number of hydrogen-bond acceptors (Lipinski definition) is 3. The van der Waals surface area contributed by atoms with Crippen molar-refractivity contribution in [3.63, 3.8) is 0 Å². The Hall–Kier alpha value is -3.14. The summed E-state index contributed by atoms with van der Waals surface area (Å²) < 4.78 is 1.66. The van der Waals surface area contributed by atoms with Crippen LogP contribution in [0.1, 0.15) is 0 Å². The number of phenolic OH excluding ortho intramolecular Hbond substituents is 1. The second-order valence-corrected chi connectivity index (χ2v) is 5.43. The standard InChI is InChI=1S/C18H10N2O2/c21-15-9-8-11-16-10(15)4-3-5-12(16)18(22)20-14-7-2-1-6-13(14)19-17(11)20/h1-9,21H. The van der Waals surface area contributed by atoms with Crippen LogP contribution in [0.4, 0.5) is 0 Å². The van der Waals surface area contributed by atoms with Crippen LogP contribution in [-0.2, 0) is 0 Å². The van der Waals surface area contributed by atoms with Crippen LogP contribution >= 0.6 is 0 Å². The summed E-state index contributed by atoms with van der Waals surface area (Å²) in [5.74, 6) is 0.179. The lowest BCUT2D eigenvalue weighted by molar-refractivity contribution is 0.482. The van der Waals surface area contributed by atoms with Crippen LogP contribution in [0.15, 0.2) is 59.4 Å². The van der Waals surface area contributed by atoms with Crippen LogP contribution in [0, 0.1) is 0 Å². The third-order valence-electron chi connectivity index (χ3n) is 4.25. The highest BCUT2D eigenvalue weighted by atomic mass is 16.3. The zero-order valence-electron chi connectivity index (χ0n) is 11.4. The van der Waals surface area contributed by atoms with E-state index in [2.05, 4.69) is 4.98 Å². The van der Waals surface area contributed by atoms with E-state index in [9.17, 15) is 9.90 Å². The summed E-state index contributed by atoms with van der Waals surface area (Å²) in [6.45, 7) is 0. The number of hydrogen-bond donors (Lipinski definition) is 1. The molecule has 0 unspecified atom stereocenters. The quantitative estimate of drug-likeness (QED) is 0.475. The van der Waals surface area contributed by atoms with Crippen molar-refractivity contribution in [2.24, 2.45) is 0 Å². The average molecular weight is 286 g/mol. The first-order valence-corrected chi connectivity index (χ1v) is 7.03. The van der Waals surface area contributed by atoms with Gasteiger partial charge in [-0.3, -0.25) is 9.20 Å². The van der Waals surface area contributed by atoms with Gasteiger partial charge in [0, 0.05) is 21.5 Å². The van der Waals surface area contributed by atoms with E-state index < -0.39 is 0 Å². The Kier molecular flexibility index (Phi) is 1.96. The number of phenols is 1. The fraction of sp³-hybridized carbons (Fsp3) is 0. The lowest BCUT2D eigenvalue weighted by atomic mass is 10.0. The predicted molar refractivity (Wildman–Crippen MR) is 86.8 cm³/mol. The minimum Gasteiger partial charge on any atom is -0.507 e. The highest BCUT2D eigenvalue weighted by Crippen LogP contribution is 2.34. The van der Waals surface area contributed by atoms with Gasteiger partial charge in [0.25, 0.3) is 5.56 Å². The summed E-state index contributed by atoms with van der Waals surface area (Å²) in [6, 6.07) is 16.5. The van der Waals surface area contributed by atoms with Gasteiger partial charge in [-0.2, -0.15) is 0 Å². The SMILES string of the molecule is O=c1c2cccc3c(O)ccc(c32)c2nc3ccccc3n12. The number of aromatic hydroxyl groups is 1. The molecule has 0 bridgehead atoms. The molecule has 104 valence electrons. The summed E-state index contributed by atoms with van der Waals surface area (Å²) in [5.41, 5.74) is 2.13. The highest BCUT2D eigenvalue weighted by Gasteiger charge is 2.16. The molecule has 0 aliphatic heterocycles. The summed E-state index contributed by atoms with van der Waals surface area (Å²) in [5, 5.41) is 13.0. The Morgan fingerprint density at radius 1 is 0.864 bits per heavy atom. The maximum atomic E-state index is 12.9. The molecule has 2 heterocycles. The molecule has 2 aromatic heterocycles. The van der Waals surface area contributed by atoms with Gasteiger partial charge in [0.15, 0.2) is 0 Å². The Morgan fingerprint density at radius 3 is 2.59 bits per heavy atom. The van der Waals surface area contributed by atoms with Crippen LogP contribution in [0.2, 0.25) is 0 Å². The van der Waals surface area contributed by atoms with Crippen molar-refractivity contribution in [3.8, 4) is 5.75 Å². The Morgan fingerprint density at radius 2 is 1.68 bits per heavy atom. The van der Waals surface area contributed by atoms with E-state index in [0.717, 1.165) is 21.8 Å². The number of nitrogens with zero attached hydrogens (tertiary/aromatic N) is 2. The second-order valence-electron chi connectivity index (χ2n) is 5.43. The van der Waals surface area contributed by atoms with E-state index >= 15 is 0 Å². The Bertz CT molecular complexity index is 1250. The average Bonchev–Trinajstić information content (AvgIpc) is 2.93. The van der Waals surface area contributed by atoms with Crippen LogP contribution in [0.3, 0.4) is 0 Å².